The van der Waals surface area contributed by atoms with Crippen LogP contribution >= 0.6 is 0 Å². The van der Waals surface area contributed by atoms with Crippen molar-refractivity contribution < 1.29 is 28.7 Å². The lowest BCUT2D eigenvalue weighted by Crippen LogP contribution is -2.58. The molecule has 4 amide bonds. The van der Waals surface area contributed by atoms with Crippen molar-refractivity contribution in [3.05, 3.63) is 108 Å². The molecule has 1 aromatic heterocycles. The lowest BCUT2D eigenvalue weighted by molar-refractivity contribution is -0.148. The smallest absolute Gasteiger partial charge is 0.308 e. The number of esters is 1. The van der Waals surface area contributed by atoms with E-state index >= 15 is 0 Å². The second-order valence-electron chi connectivity index (χ2n) is 12.3. The molecule has 0 radical (unpaired) electrons. The Balaban J connectivity index is 1.51. The van der Waals surface area contributed by atoms with Gasteiger partial charge < -0.3 is 36.7 Å². The first-order chi connectivity index (χ1) is 24.1. The Kier molecular flexibility index (Phi) is 13.7. The third kappa shape index (κ3) is 10.5. The van der Waals surface area contributed by atoms with E-state index in [2.05, 4.69) is 15.6 Å². The summed E-state index contributed by atoms with van der Waals surface area (Å²) >= 11 is 0. The summed E-state index contributed by atoms with van der Waals surface area (Å²) in [6, 6.07) is 21.2. The van der Waals surface area contributed by atoms with Crippen molar-refractivity contribution in [3.8, 4) is 0 Å². The van der Waals surface area contributed by atoms with Crippen molar-refractivity contribution in [3.63, 3.8) is 0 Å². The highest BCUT2D eigenvalue weighted by Gasteiger charge is 2.34. The number of likely N-dealkylation sites (N-methyl/N-ethyl adjacent to an activating group) is 1. The molecule has 0 saturated carbocycles. The van der Waals surface area contributed by atoms with Crippen LogP contribution in [-0.4, -0.2) is 70.7 Å². The van der Waals surface area contributed by atoms with E-state index in [-0.39, 0.29) is 25.9 Å². The number of amides is 4. The van der Waals surface area contributed by atoms with Gasteiger partial charge in [0, 0.05) is 30.6 Å². The van der Waals surface area contributed by atoms with Crippen molar-refractivity contribution in [1.82, 2.24) is 20.5 Å². The van der Waals surface area contributed by atoms with Crippen molar-refractivity contribution in [2.24, 2.45) is 11.5 Å². The SMILES string of the molecule is CCCC[C@@H](C(=O)N[C@@H](CC(=O)OCc1ccccc1)C(=O)N[C@@H](Cc1ccccc1)C(N)=O)N(C)C(=O)[C@@H](N)Cc1c[nH]c2ccccc12. The number of ether oxygens (including phenoxy) is 1. The van der Waals surface area contributed by atoms with E-state index in [9.17, 15) is 24.0 Å². The fourth-order valence-electron chi connectivity index (χ4n) is 5.72. The Morgan fingerprint density at radius 3 is 2.10 bits per heavy atom. The van der Waals surface area contributed by atoms with Crippen molar-refractivity contribution >= 4 is 40.5 Å². The van der Waals surface area contributed by atoms with E-state index in [0.717, 1.165) is 34.0 Å². The van der Waals surface area contributed by atoms with Gasteiger partial charge in [-0.2, -0.15) is 0 Å². The highest BCUT2D eigenvalue weighted by atomic mass is 16.5. The summed E-state index contributed by atoms with van der Waals surface area (Å²) in [5.74, 6) is -3.43. The Labute approximate surface area is 291 Å². The van der Waals surface area contributed by atoms with Crippen LogP contribution in [0.3, 0.4) is 0 Å². The topological polar surface area (TPSA) is 190 Å². The number of aromatic amines is 1. The van der Waals surface area contributed by atoms with Crippen LogP contribution in [-0.2, 0) is 48.2 Å². The number of primary amides is 1. The van der Waals surface area contributed by atoms with Gasteiger partial charge in [-0.05, 0) is 35.6 Å². The number of H-pyrrole nitrogens is 1. The Morgan fingerprint density at radius 1 is 0.820 bits per heavy atom. The van der Waals surface area contributed by atoms with Crippen LogP contribution < -0.4 is 22.1 Å². The molecule has 0 fully saturated rings. The molecular weight excluding hydrogens is 636 g/mol. The molecule has 4 rings (SSSR count). The van der Waals surface area contributed by atoms with Crippen LogP contribution in [0.15, 0.2) is 91.1 Å². The minimum absolute atomic E-state index is 0.0371. The predicted molar refractivity (Wildman–Crippen MR) is 190 cm³/mol. The van der Waals surface area contributed by atoms with Crippen LogP contribution in [0.5, 0.6) is 0 Å². The number of hydrogen-bond donors (Lipinski definition) is 5. The molecule has 12 nitrogen and oxygen atoms in total. The maximum absolute atomic E-state index is 13.9. The number of rotatable bonds is 18. The van der Waals surface area contributed by atoms with E-state index in [4.69, 9.17) is 16.2 Å². The van der Waals surface area contributed by atoms with Gasteiger partial charge in [-0.1, -0.05) is 98.6 Å². The largest absolute Gasteiger partial charge is 0.461 e. The highest BCUT2D eigenvalue weighted by molar-refractivity contribution is 5.96. The van der Waals surface area contributed by atoms with Crippen LogP contribution in [0.4, 0.5) is 0 Å². The third-order valence-corrected chi connectivity index (χ3v) is 8.57. The van der Waals surface area contributed by atoms with Crippen molar-refractivity contribution in [2.45, 2.75) is 76.2 Å². The second-order valence-corrected chi connectivity index (χ2v) is 12.3. The van der Waals surface area contributed by atoms with Gasteiger partial charge in [0.1, 0.15) is 24.7 Å². The molecule has 4 aromatic rings. The molecule has 0 aliphatic rings. The van der Waals surface area contributed by atoms with Crippen molar-refractivity contribution in [2.75, 3.05) is 7.05 Å². The summed E-state index contributed by atoms with van der Waals surface area (Å²) in [6.45, 7) is 1.92. The second kappa shape index (κ2) is 18.3. The molecule has 50 heavy (non-hydrogen) atoms. The summed E-state index contributed by atoms with van der Waals surface area (Å²) in [4.78, 5) is 71.1. The fourth-order valence-corrected chi connectivity index (χ4v) is 5.72. The molecule has 7 N–H and O–H groups in total. The molecule has 0 bridgehead atoms. The zero-order valence-electron chi connectivity index (χ0n) is 28.5. The number of carbonyl (C=O) groups is 5. The number of aromatic nitrogens is 1. The maximum Gasteiger partial charge on any atom is 0.308 e. The first-order valence-electron chi connectivity index (χ1n) is 16.8. The Hall–Kier alpha value is -5.49. The number of carbonyl (C=O) groups excluding carboxylic acids is 5. The molecule has 3 aromatic carbocycles. The number of nitrogens with two attached hydrogens (primary N) is 2. The molecule has 0 spiro atoms. The quantitative estimate of drug-likeness (QED) is 0.0997. The van der Waals surface area contributed by atoms with Crippen LogP contribution in [0, 0.1) is 0 Å². The molecule has 4 atom stereocenters. The zero-order chi connectivity index (χ0) is 36.0. The third-order valence-electron chi connectivity index (χ3n) is 8.57. The molecule has 264 valence electrons. The zero-order valence-corrected chi connectivity index (χ0v) is 28.5. The first kappa shape index (κ1) is 37.3. The molecule has 0 unspecified atom stereocenters. The monoisotopic (exact) mass is 682 g/mol. The fraction of sp³-hybridized carbons (Fsp3) is 0.342. The lowest BCUT2D eigenvalue weighted by atomic mass is 10.0. The number of nitrogens with zero attached hydrogens (tertiary/aromatic N) is 1. The maximum atomic E-state index is 13.9. The van der Waals surface area contributed by atoms with Crippen molar-refractivity contribution in [1.29, 1.82) is 0 Å². The van der Waals surface area contributed by atoms with Gasteiger partial charge in [-0.3, -0.25) is 24.0 Å². The highest BCUT2D eigenvalue weighted by Crippen LogP contribution is 2.20. The number of fused-ring (bicyclic) bond motifs is 1. The number of nitrogens with one attached hydrogen (secondary N) is 3. The van der Waals surface area contributed by atoms with E-state index < -0.39 is 60.2 Å². The van der Waals surface area contributed by atoms with E-state index in [1.54, 1.807) is 48.5 Å². The molecular formula is C38H46N6O6. The molecule has 0 aliphatic heterocycles. The summed E-state index contributed by atoms with van der Waals surface area (Å²) < 4.78 is 5.42. The number of benzene rings is 3. The number of para-hydroxylation sites is 1. The molecule has 0 saturated heterocycles. The van der Waals surface area contributed by atoms with Gasteiger partial charge in [-0.15, -0.1) is 0 Å². The predicted octanol–water partition coefficient (Wildman–Crippen LogP) is 2.89. The Morgan fingerprint density at radius 2 is 1.44 bits per heavy atom. The summed E-state index contributed by atoms with van der Waals surface area (Å²) in [5, 5.41) is 6.22. The van der Waals surface area contributed by atoms with Crippen LogP contribution in [0.2, 0.25) is 0 Å². The van der Waals surface area contributed by atoms with Gasteiger partial charge in [0.25, 0.3) is 0 Å². The summed E-state index contributed by atoms with van der Waals surface area (Å²) in [7, 11) is 1.50. The van der Waals surface area contributed by atoms with Gasteiger partial charge in [0.05, 0.1) is 12.5 Å². The van der Waals surface area contributed by atoms with Crippen LogP contribution in [0.1, 0.15) is 49.3 Å². The number of unbranched alkanes of at least 4 members (excludes halogenated alkanes) is 1. The summed E-state index contributed by atoms with van der Waals surface area (Å²) in [5.41, 5.74) is 15.3. The van der Waals surface area contributed by atoms with E-state index in [1.165, 1.54) is 11.9 Å². The molecule has 12 heteroatoms. The van der Waals surface area contributed by atoms with E-state index in [1.807, 2.05) is 49.5 Å². The summed E-state index contributed by atoms with van der Waals surface area (Å²) in [6.07, 6.45) is 3.26. The van der Waals surface area contributed by atoms with E-state index in [0.29, 0.717) is 6.42 Å². The number of hydrogen-bond acceptors (Lipinski definition) is 7. The average Bonchev–Trinajstić information content (AvgIpc) is 3.53. The lowest BCUT2D eigenvalue weighted by Gasteiger charge is -2.31. The molecule has 0 aliphatic carbocycles. The molecule has 1 heterocycles. The van der Waals surface area contributed by atoms with Gasteiger partial charge in [0.15, 0.2) is 0 Å². The van der Waals surface area contributed by atoms with Gasteiger partial charge >= 0.3 is 5.97 Å². The van der Waals surface area contributed by atoms with Gasteiger partial charge in [0.2, 0.25) is 23.6 Å². The minimum Gasteiger partial charge on any atom is -0.461 e. The Bertz CT molecular complexity index is 1740. The average molecular weight is 683 g/mol. The normalized spacial score (nSPS) is 13.4. The minimum atomic E-state index is -1.43. The van der Waals surface area contributed by atoms with Crippen LogP contribution in [0.25, 0.3) is 10.9 Å². The van der Waals surface area contributed by atoms with Gasteiger partial charge in [-0.25, -0.2) is 0 Å². The standard InChI is InChI=1S/C38H46N6O6/c1-3-4-19-33(44(2)38(49)29(39)21-27-23-41-30-18-12-11-17-28(27)30)37(48)43-32(22-34(45)50-24-26-15-9-6-10-16-26)36(47)42-31(35(40)46)20-25-13-7-5-8-14-25/h5-18,23,29,31-33,41H,3-4,19-22,24,39H2,1-2H3,(H2,40,46)(H,42,47)(H,43,48)/t29-,31-,32-,33-/m0/s1. The first-order valence-corrected chi connectivity index (χ1v) is 16.8.